The summed E-state index contributed by atoms with van der Waals surface area (Å²) in [7, 11) is 1.60. The van der Waals surface area contributed by atoms with Gasteiger partial charge in [0, 0.05) is 36.3 Å². The Hall–Kier alpha value is -3.70. The number of aromatic nitrogens is 2. The first-order chi connectivity index (χ1) is 16.0. The van der Waals surface area contributed by atoms with Gasteiger partial charge in [0.25, 0.3) is 5.91 Å². The highest BCUT2D eigenvalue weighted by Crippen LogP contribution is 2.45. The molecular weight excluding hydrogens is 421 g/mol. The Morgan fingerprint density at radius 1 is 1.21 bits per heavy atom. The molecule has 2 fully saturated rings. The first-order valence-corrected chi connectivity index (χ1v) is 11.0. The third kappa shape index (κ3) is 3.85. The van der Waals surface area contributed by atoms with Gasteiger partial charge in [0.15, 0.2) is 5.69 Å². The highest BCUT2D eigenvalue weighted by molar-refractivity contribution is 5.95. The second-order valence-electron chi connectivity index (χ2n) is 8.58. The normalized spacial score (nSPS) is 17.8. The fraction of sp³-hybridized carbons (Fsp3) is 0.320. The Morgan fingerprint density at radius 2 is 1.97 bits per heavy atom. The van der Waals surface area contributed by atoms with Crippen LogP contribution in [0.2, 0.25) is 0 Å². The van der Waals surface area contributed by atoms with Crippen LogP contribution < -0.4 is 10.5 Å². The number of imidazole rings is 1. The number of hydrogen-bond donors (Lipinski definition) is 1. The van der Waals surface area contributed by atoms with Crippen molar-refractivity contribution in [2.75, 3.05) is 20.2 Å². The molecule has 5 rings (SSSR count). The number of hydrogen-bond acceptors (Lipinski definition) is 5. The quantitative estimate of drug-likeness (QED) is 0.647. The molecule has 1 saturated heterocycles. The van der Waals surface area contributed by atoms with Gasteiger partial charge in [0.1, 0.15) is 23.5 Å². The molecule has 2 heterocycles. The molecule has 2 N–H and O–H groups in total. The van der Waals surface area contributed by atoms with Crippen molar-refractivity contribution in [2.45, 2.75) is 31.2 Å². The predicted octanol–water partition coefficient (Wildman–Crippen LogP) is 3.61. The van der Waals surface area contributed by atoms with Gasteiger partial charge in [-0.2, -0.15) is 5.26 Å². The van der Waals surface area contributed by atoms with Crippen LogP contribution in [0.5, 0.6) is 5.75 Å². The van der Waals surface area contributed by atoms with E-state index < -0.39 is 5.82 Å². The Labute approximate surface area is 191 Å². The van der Waals surface area contributed by atoms with Crippen molar-refractivity contribution in [1.82, 2.24) is 14.5 Å². The predicted molar refractivity (Wildman–Crippen MR) is 121 cm³/mol. The molecule has 0 unspecified atom stereocenters. The summed E-state index contributed by atoms with van der Waals surface area (Å²) in [6.45, 7) is 1.10. The van der Waals surface area contributed by atoms with Gasteiger partial charge in [0.05, 0.1) is 18.4 Å². The lowest BCUT2D eigenvalue weighted by Gasteiger charge is -2.16. The minimum atomic E-state index is -0.620. The molecule has 168 valence electrons. The number of carbonyl (C=O) groups is 1. The molecule has 1 saturated carbocycles. The monoisotopic (exact) mass is 445 g/mol. The molecule has 0 spiro atoms. The molecule has 8 heteroatoms. The van der Waals surface area contributed by atoms with Crippen LogP contribution in [0.3, 0.4) is 0 Å². The molecular formula is C25H24FN5O2. The third-order valence-corrected chi connectivity index (χ3v) is 6.27. The van der Waals surface area contributed by atoms with E-state index in [4.69, 9.17) is 20.7 Å². The van der Waals surface area contributed by atoms with E-state index in [1.807, 2.05) is 34.9 Å². The lowest BCUT2D eigenvalue weighted by molar-refractivity contribution is 0.0784. The van der Waals surface area contributed by atoms with E-state index in [9.17, 15) is 9.18 Å². The number of nitrogens with zero attached hydrogens (tertiary/aromatic N) is 4. The third-order valence-electron chi connectivity index (χ3n) is 6.27. The molecule has 0 radical (unpaired) electrons. The van der Waals surface area contributed by atoms with E-state index in [0.717, 1.165) is 30.6 Å². The SMILES string of the molecule is COc1ccc(-n2c(-c3ccc(C#N)c(F)c3)nc(C(=O)N3CC[C@H](N)C3)c2C2CC2)cc1. The fourth-order valence-electron chi connectivity index (χ4n) is 4.38. The first kappa shape index (κ1) is 21.2. The van der Waals surface area contributed by atoms with E-state index in [0.29, 0.717) is 35.9 Å². The number of carbonyl (C=O) groups excluding carboxylic acids is 1. The first-order valence-electron chi connectivity index (χ1n) is 11.0. The Bertz CT molecular complexity index is 1260. The molecule has 2 aromatic carbocycles. The van der Waals surface area contributed by atoms with Gasteiger partial charge < -0.3 is 15.4 Å². The van der Waals surface area contributed by atoms with Gasteiger partial charge in [-0.05, 0) is 61.7 Å². The zero-order valence-electron chi connectivity index (χ0n) is 18.3. The van der Waals surface area contributed by atoms with Crippen molar-refractivity contribution < 1.29 is 13.9 Å². The molecule has 1 aliphatic carbocycles. The molecule has 7 nitrogen and oxygen atoms in total. The van der Waals surface area contributed by atoms with Crippen molar-refractivity contribution >= 4 is 5.91 Å². The summed E-state index contributed by atoms with van der Waals surface area (Å²) in [6.07, 6.45) is 2.68. The maximum absolute atomic E-state index is 14.5. The number of benzene rings is 2. The summed E-state index contributed by atoms with van der Waals surface area (Å²) in [6, 6.07) is 13.7. The van der Waals surface area contributed by atoms with Gasteiger partial charge >= 0.3 is 0 Å². The van der Waals surface area contributed by atoms with Crippen molar-refractivity contribution in [1.29, 1.82) is 5.26 Å². The van der Waals surface area contributed by atoms with Crippen LogP contribution in [0, 0.1) is 17.1 Å². The minimum absolute atomic E-state index is 0.0332. The number of halogens is 1. The Balaban J connectivity index is 1.70. The van der Waals surface area contributed by atoms with E-state index in [-0.39, 0.29) is 23.4 Å². The summed E-state index contributed by atoms with van der Waals surface area (Å²) >= 11 is 0. The number of nitrogens with two attached hydrogens (primary N) is 1. The highest BCUT2D eigenvalue weighted by atomic mass is 19.1. The van der Waals surface area contributed by atoms with Crippen LogP contribution in [0.25, 0.3) is 17.1 Å². The van der Waals surface area contributed by atoms with Gasteiger partial charge in [-0.1, -0.05) is 0 Å². The Kier molecular flexibility index (Phi) is 5.35. The molecule has 1 aliphatic heterocycles. The summed E-state index contributed by atoms with van der Waals surface area (Å²) in [4.78, 5) is 20.0. The van der Waals surface area contributed by atoms with E-state index >= 15 is 0 Å². The van der Waals surface area contributed by atoms with Crippen LogP contribution in [0.15, 0.2) is 42.5 Å². The molecule has 1 aromatic heterocycles. The fourth-order valence-corrected chi connectivity index (χ4v) is 4.38. The number of methoxy groups -OCH3 is 1. The average Bonchev–Trinajstić information content (AvgIpc) is 3.45. The van der Waals surface area contributed by atoms with Crippen molar-refractivity contribution in [3.63, 3.8) is 0 Å². The van der Waals surface area contributed by atoms with Crippen LogP contribution in [0.1, 0.15) is 46.9 Å². The summed E-state index contributed by atoms with van der Waals surface area (Å²) in [5.41, 5.74) is 8.54. The lowest BCUT2D eigenvalue weighted by atomic mass is 10.1. The van der Waals surface area contributed by atoms with Gasteiger partial charge in [-0.25, -0.2) is 9.37 Å². The zero-order chi connectivity index (χ0) is 23.1. The lowest BCUT2D eigenvalue weighted by Crippen LogP contribution is -2.32. The van der Waals surface area contributed by atoms with Gasteiger partial charge in [0.2, 0.25) is 0 Å². The number of rotatable bonds is 5. The van der Waals surface area contributed by atoms with E-state index in [2.05, 4.69) is 0 Å². The summed E-state index contributed by atoms with van der Waals surface area (Å²) in [5.74, 6) is 0.613. The maximum atomic E-state index is 14.5. The number of amides is 1. The molecule has 33 heavy (non-hydrogen) atoms. The van der Waals surface area contributed by atoms with Crippen molar-refractivity contribution in [3.8, 4) is 28.9 Å². The molecule has 1 atom stereocenters. The van der Waals surface area contributed by atoms with Crippen LogP contribution in [-0.2, 0) is 0 Å². The van der Waals surface area contributed by atoms with Crippen molar-refractivity contribution in [2.24, 2.45) is 5.73 Å². The summed E-state index contributed by atoms with van der Waals surface area (Å²) in [5, 5.41) is 9.12. The second kappa shape index (κ2) is 8.34. The molecule has 2 aliphatic rings. The second-order valence-corrected chi connectivity index (χ2v) is 8.58. The van der Waals surface area contributed by atoms with E-state index in [1.165, 1.54) is 12.1 Å². The molecule has 3 aromatic rings. The number of ether oxygens (including phenoxy) is 1. The van der Waals surface area contributed by atoms with Crippen molar-refractivity contribution in [3.05, 3.63) is 65.2 Å². The van der Waals surface area contributed by atoms with Gasteiger partial charge in [-0.3, -0.25) is 9.36 Å². The molecule has 1 amide bonds. The Morgan fingerprint density at radius 3 is 2.55 bits per heavy atom. The summed E-state index contributed by atoms with van der Waals surface area (Å²) < 4.78 is 21.8. The largest absolute Gasteiger partial charge is 0.497 e. The van der Waals surface area contributed by atoms with Crippen LogP contribution in [-0.4, -0.2) is 46.6 Å². The number of nitriles is 1. The topological polar surface area (TPSA) is 97.2 Å². The number of likely N-dealkylation sites (tertiary alicyclic amines) is 1. The molecule has 0 bridgehead atoms. The van der Waals surface area contributed by atoms with Crippen LogP contribution >= 0.6 is 0 Å². The maximum Gasteiger partial charge on any atom is 0.274 e. The van der Waals surface area contributed by atoms with Crippen LogP contribution in [0.4, 0.5) is 4.39 Å². The van der Waals surface area contributed by atoms with E-state index in [1.54, 1.807) is 18.1 Å². The smallest absolute Gasteiger partial charge is 0.274 e. The van der Waals surface area contributed by atoms with Gasteiger partial charge in [-0.15, -0.1) is 0 Å². The minimum Gasteiger partial charge on any atom is -0.497 e. The standard InChI is InChI=1S/C25H24FN5O2/c1-33-20-8-6-19(7-9-20)31-23(15-2-3-15)22(25(32)30-11-10-18(28)14-30)29-24(31)16-4-5-17(13-27)21(26)12-16/h4-9,12,15,18H,2-3,10-11,14,28H2,1H3/t18-/m0/s1. The highest BCUT2D eigenvalue weighted by Gasteiger charge is 2.38. The zero-order valence-corrected chi connectivity index (χ0v) is 18.3. The average molecular weight is 445 g/mol.